The molecular formula is C14H18O. The maximum absolute atomic E-state index is 5.85. The van der Waals surface area contributed by atoms with E-state index in [1.165, 1.54) is 24.0 Å². The molecule has 80 valence electrons. The molecule has 0 radical (unpaired) electrons. The summed E-state index contributed by atoms with van der Waals surface area (Å²) in [6.07, 6.45) is 2.85. The van der Waals surface area contributed by atoms with Crippen molar-refractivity contribution in [3.05, 3.63) is 35.4 Å². The summed E-state index contributed by atoms with van der Waals surface area (Å²) in [6, 6.07) is 8.92. The highest BCUT2D eigenvalue weighted by atomic mass is 16.5. The Morgan fingerprint density at radius 3 is 2.93 bits per heavy atom. The molecule has 0 N–H and O–H groups in total. The van der Waals surface area contributed by atoms with Crippen LogP contribution in [-0.2, 0) is 10.2 Å². The van der Waals surface area contributed by atoms with Crippen LogP contribution in [0.5, 0.6) is 0 Å². The van der Waals surface area contributed by atoms with Crippen molar-refractivity contribution < 1.29 is 4.74 Å². The Bertz CT molecular complexity index is 381. The Balaban J connectivity index is 2.14. The average molecular weight is 202 g/mol. The fourth-order valence-corrected chi connectivity index (χ4v) is 3.25. The van der Waals surface area contributed by atoms with Gasteiger partial charge in [-0.3, -0.25) is 0 Å². The van der Waals surface area contributed by atoms with E-state index in [4.69, 9.17) is 4.74 Å². The molecule has 1 heterocycles. The van der Waals surface area contributed by atoms with Crippen LogP contribution in [0.1, 0.15) is 43.7 Å². The molecule has 1 aliphatic heterocycles. The molecular weight excluding hydrogens is 184 g/mol. The molecule has 0 spiro atoms. The second kappa shape index (κ2) is 3.08. The Hall–Kier alpha value is -0.820. The summed E-state index contributed by atoms with van der Waals surface area (Å²) in [5.74, 6) is 0.661. The SMILES string of the molecule is CC1(C)C[C@@H]2OCC[C@@H]2c2ccccc21. The summed E-state index contributed by atoms with van der Waals surface area (Å²) in [6.45, 7) is 5.62. The Labute approximate surface area is 91.5 Å². The van der Waals surface area contributed by atoms with Crippen LogP contribution in [0.2, 0.25) is 0 Å². The van der Waals surface area contributed by atoms with E-state index in [0.29, 0.717) is 12.0 Å². The maximum Gasteiger partial charge on any atom is 0.0652 e. The van der Waals surface area contributed by atoms with Gasteiger partial charge in [-0.1, -0.05) is 38.1 Å². The van der Waals surface area contributed by atoms with Gasteiger partial charge in [-0.05, 0) is 29.4 Å². The second-order valence-electron chi connectivity index (χ2n) is 5.48. The van der Waals surface area contributed by atoms with Crippen LogP contribution in [-0.4, -0.2) is 12.7 Å². The van der Waals surface area contributed by atoms with Crippen molar-refractivity contribution in [1.82, 2.24) is 0 Å². The molecule has 15 heavy (non-hydrogen) atoms. The van der Waals surface area contributed by atoms with Crippen molar-refractivity contribution >= 4 is 0 Å². The zero-order chi connectivity index (χ0) is 10.5. The molecule has 2 aliphatic rings. The van der Waals surface area contributed by atoms with Crippen LogP contribution in [0.25, 0.3) is 0 Å². The van der Waals surface area contributed by atoms with Gasteiger partial charge in [0.15, 0.2) is 0 Å². The molecule has 1 heteroatoms. The van der Waals surface area contributed by atoms with Crippen molar-refractivity contribution in [1.29, 1.82) is 0 Å². The third-order valence-electron chi connectivity index (χ3n) is 4.01. The van der Waals surface area contributed by atoms with Crippen molar-refractivity contribution in [2.24, 2.45) is 0 Å². The predicted octanol–water partition coefficient (Wildman–Crippen LogP) is 3.24. The normalized spacial score (nSPS) is 32.1. The minimum atomic E-state index is 0.280. The van der Waals surface area contributed by atoms with E-state index in [-0.39, 0.29) is 5.41 Å². The lowest BCUT2D eigenvalue weighted by Crippen LogP contribution is -2.34. The Kier molecular flexibility index (Phi) is 1.93. The van der Waals surface area contributed by atoms with Crippen LogP contribution >= 0.6 is 0 Å². The van der Waals surface area contributed by atoms with E-state index >= 15 is 0 Å². The number of hydrogen-bond acceptors (Lipinski definition) is 1. The van der Waals surface area contributed by atoms with E-state index in [1.807, 2.05) is 0 Å². The van der Waals surface area contributed by atoms with Crippen LogP contribution < -0.4 is 0 Å². The van der Waals surface area contributed by atoms with Crippen molar-refractivity contribution in [2.45, 2.75) is 44.1 Å². The van der Waals surface area contributed by atoms with Crippen LogP contribution in [0, 0.1) is 0 Å². The van der Waals surface area contributed by atoms with Crippen LogP contribution in [0.4, 0.5) is 0 Å². The first kappa shape index (κ1) is 9.41. The largest absolute Gasteiger partial charge is 0.378 e. The molecule has 1 nitrogen and oxygen atoms in total. The Morgan fingerprint density at radius 2 is 2.07 bits per heavy atom. The number of fused-ring (bicyclic) bond motifs is 3. The molecule has 0 unspecified atom stereocenters. The zero-order valence-electron chi connectivity index (χ0n) is 9.49. The van der Waals surface area contributed by atoms with E-state index in [0.717, 1.165) is 6.61 Å². The summed E-state index contributed by atoms with van der Waals surface area (Å²) < 4.78 is 5.85. The first-order valence-corrected chi connectivity index (χ1v) is 5.89. The van der Waals surface area contributed by atoms with Gasteiger partial charge in [0.1, 0.15) is 0 Å². The molecule has 0 bridgehead atoms. The van der Waals surface area contributed by atoms with Gasteiger partial charge in [0.05, 0.1) is 6.10 Å². The average Bonchev–Trinajstić information content (AvgIpc) is 2.65. The lowest BCUT2D eigenvalue weighted by Gasteiger charge is -2.39. The quantitative estimate of drug-likeness (QED) is 0.627. The van der Waals surface area contributed by atoms with Gasteiger partial charge < -0.3 is 4.74 Å². The zero-order valence-corrected chi connectivity index (χ0v) is 9.49. The lowest BCUT2D eigenvalue weighted by molar-refractivity contribution is 0.0732. The minimum Gasteiger partial charge on any atom is -0.378 e. The summed E-state index contributed by atoms with van der Waals surface area (Å²) in [4.78, 5) is 0. The minimum absolute atomic E-state index is 0.280. The van der Waals surface area contributed by atoms with Gasteiger partial charge in [0.2, 0.25) is 0 Å². The molecule has 1 aliphatic carbocycles. The highest BCUT2D eigenvalue weighted by Crippen LogP contribution is 2.47. The topological polar surface area (TPSA) is 9.23 Å². The third-order valence-corrected chi connectivity index (χ3v) is 4.01. The molecule has 0 aromatic heterocycles. The highest BCUT2D eigenvalue weighted by Gasteiger charge is 2.41. The van der Waals surface area contributed by atoms with Gasteiger partial charge in [0.25, 0.3) is 0 Å². The third kappa shape index (κ3) is 1.33. The first-order valence-electron chi connectivity index (χ1n) is 5.89. The fourth-order valence-electron chi connectivity index (χ4n) is 3.25. The molecule has 0 amide bonds. The summed E-state index contributed by atoms with van der Waals surface area (Å²) >= 11 is 0. The fraction of sp³-hybridized carbons (Fsp3) is 0.571. The molecule has 0 saturated carbocycles. The standard InChI is InChI=1S/C14H18O/c1-14(2)9-13-11(7-8-15-13)10-5-3-4-6-12(10)14/h3-6,11,13H,7-9H2,1-2H3/t11-,13+/m1/s1. The molecule has 1 aromatic carbocycles. The van der Waals surface area contributed by atoms with E-state index in [2.05, 4.69) is 38.1 Å². The first-order chi connectivity index (χ1) is 7.18. The number of benzene rings is 1. The monoisotopic (exact) mass is 202 g/mol. The molecule has 1 saturated heterocycles. The molecule has 3 rings (SSSR count). The van der Waals surface area contributed by atoms with E-state index < -0.39 is 0 Å². The summed E-state index contributed by atoms with van der Waals surface area (Å²) in [5.41, 5.74) is 3.36. The second-order valence-corrected chi connectivity index (χ2v) is 5.48. The van der Waals surface area contributed by atoms with Gasteiger partial charge in [0, 0.05) is 12.5 Å². The highest BCUT2D eigenvalue weighted by molar-refractivity contribution is 5.40. The van der Waals surface area contributed by atoms with E-state index in [9.17, 15) is 0 Å². The molecule has 1 fully saturated rings. The summed E-state index contributed by atoms with van der Waals surface area (Å²) in [5, 5.41) is 0. The maximum atomic E-state index is 5.85. The molecule has 2 atom stereocenters. The summed E-state index contributed by atoms with van der Waals surface area (Å²) in [7, 11) is 0. The Morgan fingerprint density at radius 1 is 1.27 bits per heavy atom. The van der Waals surface area contributed by atoms with Crippen molar-refractivity contribution in [3.63, 3.8) is 0 Å². The van der Waals surface area contributed by atoms with Crippen LogP contribution in [0.15, 0.2) is 24.3 Å². The van der Waals surface area contributed by atoms with Gasteiger partial charge in [-0.25, -0.2) is 0 Å². The van der Waals surface area contributed by atoms with E-state index in [1.54, 1.807) is 0 Å². The van der Waals surface area contributed by atoms with Gasteiger partial charge in [-0.2, -0.15) is 0 Å². The molecule has 1 aromatic rings. The number of hydrogen-bond donors (Lipinski definition) is 0. The smallest absolute Gasteiger partial charge is 0.0652 e. The number of ether oxygens (including phenoxy) is 1. The predicted molar refractivity (Wildman–Crippen MR) is 61.2 cm³/mol. The van der Waals surface area contributed by atoms with Gasteiger partial charge >= 0.3 is 0 Å². The van der Waals surface area contributed by atoms with Crippen LogP contribution in [0.3, 0.4) is 0 Å². The lowest BCUT2D eigenvalue weighted by atomic mass is 9.67. The van der Waals surface area contributed by atoms with Crippen molar-refractivity contribution in [3.8, 4) is 0 Å². The van der Waals surface area contributed by atoms with Crippen molar-refractivity contribution in [2.75, 3.05) is 6.61 Å². The van der Waals surface area contributed by atoms with Gasteiger partial charge in [-0.15, -0.1) is 0 Å². The number of rotatable bonds is 0.